The Morgan fingerprint density at radius 1 is 1.18 bits per heavy atom. The molecule has 0 radical (unpaired) electrons. The summed E-state index contributed by atoms with van der Waals surface area (Å²) in [6.45, 7) is 0. The van der Waals surface area contributed by atoms with Gasteiger partial charge in [0.25, 0.3) is 10.0 Å². The van der Waals surface area contributed by atoms with Gasteiger partial charge in [0, 0.05) is 5.69 Å². The second-order valence-electron chi connectivity index (χ2n) is 3.49. The minimum absolute atomic E-state index is 0.00338. The van der Waals surface area contributed by atoms with Crippen LogP contribution in [-0.4, -0.2) is 24.2 Å². The van der Waals surface area contributed by atoms with Crippen LogP contribution in [0.4, 0.5) is 0 Å². The number of fused-ring (bicyclic) bond motifs is 1. The Hall–Kier alpha value is -2.15. The number of para-hydroxylation sites is 1. The number of nitrogens with one attached hydrogen (secondary N) is 1. The summed E-state index contributed by atoms with van der Waals surface area (Å²) >= 11 is 0. The summed E-state index contributed by atoms with van der Waals surface area (Å²) in [6, 6.07) is 9.36. The van der Waals surface area contributed by atoms with E-state index in [0.717, 1.165) is 5.69 Å². The van der Waals surface area contributed by atoms with Gasteiger partial charge in [0.1, 0.15) is 12.0 Å². The molecule has 7 heteroatoms. The molecule has 1 aromatic heterocycles. The Bertz CT molecular complexity index is 688. The largest absolute Gasteiger partial charge is 0.297 e. The van der Waals surface area contributed by atoms with Crippen LogP contribution in [0.3, 0.4) is 0 Å². The van der Waals surface area contributed by atoms with Crippen molar-refractivity contribution in [2.75, 3.05) is 0 Å². The molecule has 0 amide bonds. The van der Waals surface area contributed by atoms with E-state index in [9.17, 15) is 8.42 Å². The predicted octanol–water partition coefficient (Wildman–Crippen LogP) is 0.498. The Labute approximate surface area is 97.7 Å². The highest BCUT2D eigenvalue weighted by molar-refractivity contribution is 7.89. The Morgan fingerprint density at radius 2 is 1.94 bits per heavy atom. The number of imidazole rings is 1. The van der Waals surface area contributed by atoms with Crippen molar-refractivity contribution in [3.8, 4) is 5.69 Å². The number of sulfonamides is 1. The lowest BCUT2D eigenvalue weighted by Gasteiger charge is -2.09. The first kappa shape index (κ1) is 10.0. The predicted molar refractivity (Wildman–Crippen MR) is 61.5 cm³/mol. The first-order valence-corrected chi connectivity index (χ1v) is 6.34. The van der Waals surface area contributed by atoms with Gasteiger partial charge in [-0.05, 0) is 12.1 Å². The van der Waals surface area contributed by atoms with Crippen molar-refractivity contribution < 1.29 is 8.42 Å². The molecule has 86 valence electrons. The highest BCUT2D eigenvalue weighted by Gasteiger charge is 2.26. The van der Waals surface area contributed by atoms with Gasteiger partial charge in [-0.3, -0.25) is 4.57 Å². The molecular formula is C10H8N4O2S. The third kappa shape index (κ3) is 1.51. The molecule has 17 heavy (non-hydrogen) atoms. The molecule has 2 heterocycles. The molecule has 2 aromatic rings. The van der Waals surface area contributed by atoms with E-state index >= 15 is 0 Å². The normalized spacial score (nSPS) is 16.2. The molecule has 0 aliphatic carbocycles. The van der Waals surface area contributed by atoms with Crippen LogP contribution in [0.5, 0.6) is 0 Å². The fourth-order valence-corrected chi connectivity index (χ4v) is 2.55. The molecule has 1 aliphatic heterocycles. The van der Waals surface area contributed by atoms with E-state index in [1.165, 1.54) is 12.5 Å². The molecule has 6 nitrogen and oxygen atoms in total. The molecular weight excluding hydrogens is 240 g/mol. The fraction of sp³-hybridized carbons (Fsp3) is 0. The van der Waals surface area contributed by atoms with E-state index in [-0.39, 0.29) is 5.03 Å². The van der Waals surface area contributed by atoms with E-state index in [1.54, 1.807) is 4.57 Å². The van der Waals surface area contributed by atoms with E-state index in [2.05, 4.69) is 10.1 Å². The molecule has 0 saturated heterocycles. The maximum absolute atomic E-state index is 11.6. The van der Waals surface area contributed by atoms with Crippen molar-refractivity contribution >= 4 is 16.2 Å². The molecule has 1 aliphatic rings. The summed E-state index contributed by atoms with van der Waals surface area (Å²) in [6.07, 6.45) is 2.91. The van der Waals surface area contributed by atoms with Crippen LogP contribution < -0.4 is 4.83 Å². The highest BCUT2D eigenvalue weighted by Crippen LogP contribution is 2.19. The number of nitrogens with zero attached hydrogens (tertiary/aromatic N) is 3. The average molecular weight is 248 g/mol. The van der Waals surface area contributed by atoms with Gasteiger partial charge in [-0.2, -0.15) is 18.4 Å². The number of hydrazone groups is 1. The third-order valence-corrected chi connectivity index (χ3v) is 3.59. The van der Waals surface area contributed by atoms with Crippen LogP contribution in [0.15, 0.2) is 46.8 Å². The van der Waals surface area contributed by atoms with Crippen molar-refractivity contribution in [2.24, 2.45) is 5.10 Å². The quantitative estimate of drug-likeness (QED) is 0.798. The number of benzene rings is 1. The molecule has 1 aromatic carbocycles. The molecule has 0 saturated carbocycles. The maximum Gasteiger partial charge on any atom is 0.296 e. The van der Waals surface area contributed by atoms with Gasteiger partial charge < -0.3 is 0 Å². The van der Waals surface area contributed by atoms with Crippen LogP contribution in [0, 0.1) is 0 Å². The van der Waals surface area contributed by atoms with Crippen molar-refractivity contribution in [1.29, 1.82) is 0 Å². The maximum atomic E-state index is 11.6. The number of rotatable bonds is 1. The minimum Gasteiger partial charge on any atom is -0.297 e. The van der Waals surface area contributed by atoms with Gasteiger partial charge in [-0.15, -0.1) is 0 Å². The first-order chi connectivity index (χ1) is 8.18. The molecule has 0 spiro atoms. The molecule has 0 atom stereocenters. The van der Waals surface area contributed by atoms with Crippen LogP contribution in [0.1, 0.15) is 5.69 Å². The number of hydrogen-bond acceptors (Lipinski definition) is 4. The van der Waals surface area contributed by atoms with Crippen LogP contribution in [-0.2, 0) is 10.0 Å². The summed E-state index contributed by atoms with van der Waals surface area (Å²) in [5, 5.41) is 3.60. The summed E-state index contributed by atoms with van der Waals surface area (Å²) in [7, 11) is -3.61. The molecule has 0 fully saturated rings. The van der Waals surface area contributed by atoms with Crippen LogP contribution >= 0.6 is 0 Å². The monoisotopic (exact) mass is 248 g/mol. The third-order valence-electron chi connectivity index (χ3n) is 2.42. The van der Waals surface area contributed by atoms with Gasteiger partial charge in [0.15, 0.2) is 0 Å². The van der Waals surface area contributed by atoms with Gasteiger partial charge in [-0.1, -0.05) is 18.2 Å². The van der Waals surface area contributed by atoms with Crippen LogP contribution in [0.25, 0.3) is 5.69 Å². The number of hydrogen-bond donors (Lipinski definition) is 1. The summed E-state index contributed by atoms with van der Waals surface area (Å²) in [4.78, 5) is 5.95. The van der Waals surface area contributed by atoms with Gasteiger partial charge in [0.2, 0.25) is 5.03 Å². The zero-order chi connectivity index (χ0) is 11.9. The lowest BCUT2D eigenvalue weighted by Crippen LogP contribution is -2.24. The average Bonchev–Trinajstić information content (AvgIpc) is 2.75. The van der Waals surface area contributed by atoms with Gasteiger partial charge in [0.05, 0.1) is 6.21 Å². The molecule has 0 bridgehead atoms. The summed E-state index contributed by atoms with van der Waals surface area (Å²) in [5.41, 5.74) is 1.29. The van der Waals surface area contributed by atoms with E-state index in [0.29, 0.717) is 5.69 Å². The lowest BCUT2D eigenvalue weighted by atomic mass is 10.3. The standard InChI is InChI=1S/C10H8N4O2S/c15-17(16)10-9(6-12-13-17)14(7-11-10)8-4-2-1-3-5-8/h1-7,13H. The Morgan fingerprint density at radius 3 is 2.71 bits per heavy atom. The zero-order valence-electron chi connectivity index (χ0n) is 8.61. The smallest absolute Gasteiger partial charge is 0.296 e. The fourth-order valence-electron chi connectivity index (χ4n) is 1.66. The van der Waals surface area contributed by atoms with Crippen molar-refractivity contribution in [3.05, 3.63) is 42.4 Å². The zero-order valence-corrected chi connectivity index (χ0v) is 9.42. The second-order valence-corrected chi connectivity index (χ2v) is 5.07. The van der Waals surface area contributed by atoms with E-state index in [4.69, 9.17) is 0 Å². The summed E-state index contributed by atoms with van der Waals surface area (Å²) < 4.78 is 24.9. The molecule has 1 N–H and O–H groups in total. The highest BCUT2D eigenvalue weighted by atomic mass is 32.2. The SMILES string of the molecule is O=S1(=O)NN=Cc2c1ncn2-c1ccccc1. The first-order valence-electron chi connectivity index (χ1n) is 4.86. The van der Waals surface area contributed by atoms with Crippen molar-refractivity contribution in [3.63, 3.8) is 0 Å². The molecule has 0 unspecified atom stereocenters. The van der Waals surface area contributed by atoms with Gasteiger partial charge in [-0.25, -0.2) is 4.98 Å². The Kier molecular flexibility index (Phi) is 2.02. The Balaban J connectivity index is 2.24. The van der Waals surface area contributed by atoms with Crippen molar-refractivity contribution in [1.82, 2.24) is 14.4 Å². The molecule has 3 rings (SSSR count). The lowest BCUT2D eigenvalue weighted by molar-refractivity contribution is 0.579. The summed E-state index contributed by atoms with van der Waals surface area (Å²) in [5.74, 6) is 0. The second kappa shape index (κ2) is 3.42. The topological polar surface area (TPSA) is 76.3 Å². The van der Waals surface area contributed by atoms with Crippen molar-refractivity contribution in [2.45, 2.75) is 5.03 Å². The van der Waals surface area contributed by atoms with E-state index < -0.39 is 10.0 Å². The van der Waals surface area contributed by atoms with Gasteiger partial charge >= 0.3 is 0 Å². The van der Waals surface area contributed by atoms with E-state index in [1.807, 2.05) is 35.2 Å². The van der Waals surface area contributed by atoms with Crippen LogP contribution in [0.2, 0.25) is 0 Å². The number of aromatic nitrogens is 2. The minimum atomic E-state index is -3.61.